The van der Waals surface area contributed by atoms with E-state index < -0.39 is 27.1 Å². The van der Waals surface area contributed by atoms with Crippen molar-refractivity contribution < 1.29 is 22.8 Å². The van der Waals surface area contributed by atoms with Crippen molar-refractivity contribution in [2.24, 2.45) is 5.92 Å². The lowest BCUT2D eigenvalue weighted by atomic mass is 10.0. The van der Waals surface area contributed by atoms with Crippen LogP contribution in [-0.4, -0.2) is 47.6 Å². The summed E-state index contributed by atoms with van der Waals surface area (Å²) in [6.07, 6.45) is 1.57. The molecule has 2 N–H and O–H groups in total. The highest BCUT2D eigenvalue weighted by Crippen LogP contribution is 2.54. The number of ketones is 1. The van der Waals surface area contributed by atoms with E-state index in [-0.39, 0.29) is 29.0 Å². The molecule has 0 bridgehead atoms. The highest BCUT2D eigenvalue weighted by atomic mass is 35.5. The topological polar surface area (TPSA) is 114 Å². The summed E-state index contributed by atoms with van der Waals surface area (Å²) in [5.41, 5.74) is 2.26. The van der Waals surface area contributed by atoms with Gasteiger partial charge in [-0.3, -0.25) is 14.4 Å². The maximum atomic E-state index is 13.3. The summed E-state index contributed by atoms with van der Waals surface area (Å²) < 4.78 is 25.0. The quantitative estimate of drug-likeness (QED) is 0.495. The number of sulfone groups is 1. The van der Waals surface area contributed by atoms with E-state index in [2.05, 4.69) is 10.6 Å². The predicted molar refractivity (Wildman–Crippen MR) is 124 cm³/mol. The SMILES string of the molecule is Cc1ccc(NC(=O)c2c(C)c(C(=O)C(=O)NC3(C)CS(=O)(=O)C3)c3n2[C@@H]2C[C@@H]2C3)cc1Cl. The van der Waals surface area contributed by atoms with Crippen molar-refractivity contribution in [1.29, 1.82) is 0 Å². The van der Waals surface area contributed by atoms with Gasteiger partial charge in [-0.05, 0) is 62.8 Å². The molecule has 0 unspecified atom stereocenters. The Morgan fingerprint density at radius 2 is 1.88 bits per heavy atom. The monoisotopic (exact) mass is 489 g/mol. The molecular weight excluding hydrogens is 466 g/mol. The molecule has 5 rings (SSSR count). The zero-order valence-electron chi connectivity index (χ0n) is 18.5. The number of rotatable bonds is 5. The highest BCUT2D eigenvalue weighted by molar-refractivity contribution is 7.93. The number of nitrogens with zero attached hydrogens (tertiary/aromatic N) is 1. The molecule has 33 heavy (non-hydrogen) atoms. The van der Waals surface area contributed by atoms with E-state index in [1.54, 1.807) is 26.0 Å². The molecule has 0 spiro atoms. The number of nitrogens with one attached hydrogen (secondary N) is 2. The molecule has 10 heteroatoms. The number of carbonyl (C=O) groups excluding carboxylic acids is 3. The number of fused-ring (bicyclic) bond motifs is 3. The van der Waals surface area contributed by atoms with Crippen LogP contribution in [-0.2, 0) is 21.1 Å². The zero-order chi connectivity index (χ0) is 23.9. The number of hydrogen-bond donors (Lipinski definition) is 2. The summed E-state index contributed by atoms with van der Waals surface area (Å²) in [7, 11) is -3.18. The van der Waals surface area contributed by atoms with E-state index >= 15 is 0 Å². The average molecular weight is 490 g/mol. The third-order valence-electron chi connectivity index (χ3n) is 6.79. The molecule has 2 aromatic rings. The van der Waals surface area contributed by atoms with Gasteiger partial charge < -0.3 is 15.2 Å². The number of aromatic nitrogens is 1. The molecule has 3 aliphatic rings. The Balaban J connectivity index is 1.45. The van der Waals surface area contributed by atoms with Gasteiger partial charge in [0.15, 0.2) is 9.84 Å². The fourth-order valence-corrected chi connectivity index (χ4v) is 7.42. The summed E-state index contributed by atoms with van der Waals surface area (Å²) in [4.78, 5) is 39.2. The van der Waals surface area contributed by atoms with Crippen LogP contribution in [0.4, 0.5) is 5.69 Å². The molecular formula is C23H24ClN3O5S. The third kappa shape index (κ3) is 3.67. The molecule has 1 saturated heterocycles. The lowest BCUT2D eigenvalue weighted by molar-refractivity contribution is -0.118. The van der Waals surface area contributed by atoms with Crippen molar-refractivity contribution in [3.05, 3.63) is 51.3 Å². The first-order valence-corrected chi connectivity index (χ1v) is 13.0. The predicted octanol–water partition coefficient (Wildman–Crippen LogP) is 2.61. The Kier molecular flexibility index (Phi) is 4.82. The second-order valence-corrected chi connectivity index (χ2v) is 12.2. The van der Waals surface area contributed by atoms with Gasteiger partial charge in [0.05, 0.1) is 22.6 Å². The number of amides is 2. The minimum Gasteiger partial charge on any atom is -0.342 e. The number of Topliss-reactive ketones (excluding diaryl/α,β-unsaturated/α-hetero) is 1. The minimum atomic E-state index is -3.18. The molecule has 1 aromatic heterocycles. The fraction of sp³-hybridized carbons (Fsp3) is 0.435. The number of hydrogen-bond acceptors (Lipinski definition) is 5. The van der Waals surface area contributed by atoms with Crippen LogP contribution in [0.1, 0.15) is 57.1 Å². The Morgan fingerprint density at radius 1 is 1.18 bits per heavy atom. The highest BCUT2D eigenvalue weighted by Gasteiger charge is 2.51. The normalized spacial score (nSPS) is 23.2. The van der Waals surface area contributed by atoms with Gasteiger partial charge in [-0.1, -0.05) is 17.7 Å². The second-order valence-electron chi connectivity index (χ2n) is 9.73. The number of benzene rings is 1. The Labute approximate surface area is 196 Å². The maximum Gasteiger partial charge on any atom is 0.292 e. The zero-order valence-corrected chi connectivity index (χ0v) is 20.1. The molecule has 2 atom stereocenters. The summed E-state index contributed by atoms with van der Waals surface area (Å²) in [5.74, 6) is -1.96. The van der Waals surface area contributed by atoms with Gasteiger partial charge in [-0.25, -0.2) is 8.42 Å². The molecule has 1 aliphatic carbocycles. The van der Waals surface area contributed by atoms with Crippen LogP contribution in [0.25, 0.3) is 0 Å². The number of halogens is 1. The van der Waals surface area contributed by atoms with Crippen LogP contribution in [0.2, 0.25) is 5.02 Å². The van der Waals surface area contributed by atoms with E-state index in [4.69, 9.17) is 11.6 Å². The fourth-order valence-electron chi connectivity index (χ4n) is 5.24. The molecule has 8 nitrogen and oxygen atoms in total. The average Bonchev–Trinajstić information content (AvgIpc) is 3.26. The maximum absolute atomic E-state index is 13.3. The molecule has 3 heterocycles. The van der Waals surface area contributed by atoms with Crippen molar-refractivity contribution in [1.82, 2.24) is 9.88 Å². The minimum absolute atomic E-state index is 0.153. The van der Waals surface area contributed by atoms with Gasteiger partial charge in [0.1, 0.15) is 5.69 Å². The summed E-state index contributed by atoms with van der Waals surface area (Å²) in [6.45, 7) is 5.15. The first kappa shape index (κ1) is 22.2. The van der Waals surface area contributed by atoms with Crippen molar-refractivity contribution in [3.63, 3.8) is 0 Å². The molecule has 2 aliphatic heterocycles. The number of aryl methyl sites for hydroxylation is 1. The molecule has 0 radical (unpaired) electrons. The van der Waals surface area contributed by atoms with Crippen molar-refractivity contribution in [2.45, 2.75) is 45.2 Å². The van der Waals surface area contributed by atoms with E-state index in [0.29, 0.717) is 40.0 Å². The molecule has 1 saturated carbocycles. The summed E-state index contributed by atoms with van der Waals surface area (Å²) in [6, 6.07) is 5.39. The van der Waals surface area contributed by atoms with Crippen LogP contribution in [0.15, 0.2) is 18.2 Å². The standard InChI is InChI=1S/C23H24ClN3O5S/c1-11-4-5-14(8-15(11)24)25-21(29)19-12(2)18(17-7-13-6-16(13)27(17)19)20(28)22(30)26-23(3)9-33(31,32)10-23/h4-5,8,13,16H,6-7,9-10H2,1-3H3,(H,25,29)(H,26,30)/t13-,16-/m1/s1. The van der Waals surface area contributed by atoms with Crippen LogP contribution >= 0.6 is 11.6 Å². The van der Waals surface area contributed by atoms with Gasteiger partial charge in [0.25, 0.3) is 17.6 Å². The van der Waals surface area contributed by atoms with E-state index in [0.717, 1.165) is 12.0 Å². The number of anilines is 1. The summed E-state index contributed by atoms with van der Waals surface area (Å²) in [5, 5.41) is 5.98. The third-order valence-corrected chi connectivity index (χ3v) is 9.35. The van der Waals surface area contributed by atoms with Crippen molar-refractivity contribution >= 4 is 44.7 Å². The Morgan fingerprint density at radius 3 is 2.52 bits per heavy atom. The van der Waals surface area contributed by atoms with Crippen molar-refractivity contribution in [3.8, 4) is 0 Å². The molecule has 174 valence electrons. The van der Waals surface area contributed by atoms with Gasteiger partial charge >= 0.3 is 0 Å². The number of carbonyl (C=O) groups is 3. The first-order chi connectivity index (χ1) is 15.4. The van der Waals surface area contributed by atoms with E-state index in [1.165, 1.54) is 0 Å². The molecule has 2 amide bonds. The Hall–Kier alpha value is -2.65. The summed E-state index contributed by atoms with van der Waals surface area (Å²) >= 11 is 6.18. The van der Waals surface area contributed by atoms with Crippen LogP contribution in [0.3, 0.4) is 0 Å². The van der Waals surface area contributed by atoms with Gasteiger partial charge in [0, 0.05) is 22.4 Å². The first-order valence-electron chi connectivity index (χ1n) is 10.8. The molecule has 2 fully saturated rings. The Bertz CT molecular complexity index is 1350. The largest absolute Gasteiger partial charge is 0.342 e. The van der Waals surface area contributed by atoms with Gasteiger partial charge in [0.2, 0.25) is 0 Å². The van der Waals surface area contributed by atoms with Crippen LogP contribution in [0.5, 0.6) is 0 Å². The van der Waals surface area contributed by atoms with Crippen LogP contribution < -0.4 is 10.6 Å². The second kappa shape index (κ2) is 7.17. The van der Waals surface area contributed by atoms with E-state index in [1.807, 2.05) is 17.6 Å². The lowest BCUT2D eigenvalue weighted by Gasteiger charge is -2.38. The smallest absolute Gasteiger partial charge is 0.292 e. The van der Waals surface area contributed by atoms with E-state index in [9.17, 15) is 22.8 Å². The molecule has 1 aromatic carbocycles. The lowest BCUT2D eigenvalue weighted by Crippen LogP contribution is -2.64. The van der Waals surface area contributed by atoms with Crippen LogP contribution in [0, 0.1) is 19.8 Å². The van der Waals surface area contributed by atoms with Gasteiger partial charge in [-0.2, -0.15) is 0 Å². The van der Waals surface area contributed by atoms with Gasteiger partial charge in [-0.15, -0.1) is 0 Å². The van der Waals surface area contributed by atoms with Crippen molar-refractivity contribution in [2.75, 3.05) is 16.8 Å².